The van der Waals surface area contributed by atoms with E-state index in [-0.39, 0.29) is 0 Å². The summed E-state index contributed by atoms with van der Waals surface area (Å²) in [6, 6.07) is 13.1. The van der Waals surface area contributed by atoms with Gasteiger partial charge in [0.05, 0.1) is 6.26 Å². The standard InChI is InChI=1S/C16H11N3O3/c1-10-4-2-5-11(8-10)15-17-18-16(21-15)12-9-14(22-19-12)13-6-3-7-20-13/h2-9H,1H3. The van der Waals surface area contributed by atoms with Gasteiger partial charge in [-0.3, -0.25) is 0 Å². The van der Waals surface area contributed by atoms with Crippen LogP contribution in [-0.2, 0) is 0 Å². The molecule has 6 heteroatoms. The van der Waals surface area contributed by atoms with Gasteiger partial charge in [-0.1, -0.05) is 22.9 Å². The normalized spacial score (nSPS) is 11.0. The lowest BCUT2D eigenvalue weighted by Crippen LogP contribution is -1.78. The minimum atomic E-state index is 0.304. The quantitative estimate of drug-likeness (QED) is 0.569. The molecule has 3 heterocycles. The molecule has 4 rings (SSSR count). The Bertz CT molecular complexity index is 906. The van der Waals surface area contributed by atoms with Crippen molar-refractivity contribution in [3.05, 3.63) is 54.3 Å². The highest BCUT2D eigenvalue weighted by Gasteiger charge is 2.16. The van der Waals surface area contributed by atoms with E-state index < -0.39 is 0 Å². The third kappa shape index (κ3) is 2.20. The topological polar surface area (TPSA) is 78.1 Å². The van der Waals surface area contributed by atoms with Gasteiger partial charge in [0, 0.05) is 11.6 Å². The van der Waals surface area contributed by atoms with Gasteiger partial charge in [0.1, 0.15) is 0 Å². The molecule has 0 N–H and O–H groups in total. The lowest BCUT2D eigenvalue weighted by molar-refractivity contribution is 0.417. The van der Waals surface area contributed by atoms with Crippen LogP contribution in [-0.4, -0.2) is 15.4 Å². The molecule has 108 valence electrons. The Labute approximate surface area is 125 Å². The Morgan fingerprint density at radius 1 is 0.909 bits per heavy atom. The van der Waals surface area contributed by atoms with Gasteiger partial charge >= 0.3 is 0 Å². The van der Waals surface area contributed by atoms with Crippen molar-refractivity contribution >= 4 is 0 Å². The zero-order valence-electron chi connectivity index (χ0n) is 11.7. The number of hydrogen-bond donors (Lipinski definition) is 0. The summed E-state index contributed by atoms with van der Waals surface area (Å²) in [5.41, 5.74) is 2.46. The summed E-state index contributed by atoms with van der Waals surface area (Å²) in [4.78, 5) is 0. The van der Waals surface area contributed by atoms with E-state index >= 15 is 0 Å². The summed E-state index contributed by atoms with van der Waals surface area (Å²) in [5.74, 6) is 1.85. The first kappa shape index (κ1) is 12.6. The molecule has 0 saturated carbocycles. The van der Waals surface area contributed by atoms with Crippen LogP contribution in [0, 0.1) is 6.92 Å². The van der Waals surface area contributed by atoms with Crippen molar-refractivity contribution in [2.45, 2.75) is 6.92 Å². The van der Waals surface area contributed by atoms with Crippen LogP contribution in [0.1, 0.15) is 5.56 Å². The number of benzene rings is 1. The van der Waals surface area contributed by atoms with Crippen molar-refractivity contribution in [3.63, 3.8) is 0 Å². The molecule has 0 amide bonds. The Balaban J connectivity index is 1.67. The first-order valence-corrected chi connectivity index (χ1v) is 6.71. The van der Waals surface area contributed by atoms with Crippen molar-refractivity contribution in [3.8, 4) is 34.6 Å². The summed E-state index contributed by atoms with van der Waals surface area (Å²) in [6.45, 7) is 2.01. The average Bonchev–Trinajstić information content (AvgIpc) is 3.27. The van der Waals surface area contributed by atoms with Crippen LogP contribution >= 0.6 is 0 Å². The molecule has 0 radical (unpaired) electrons. The average molecular weight is 293 g/mol. The number of aryl methyl sites for hydroxylation is 1. The third-order valence-corrected chi connectivity index (χ3v) is 3.18. The van der Waals surface area contributed by atoms with Crippen molar-refractivity contribution in [1.29, 1.82) is 0 Å². The molecule has 0 aliphatic heterocycles. The fourth-order valence-electron chi connectivity index (χ4n) is 2.13. The van der Waals surface area contributed by atoms with Crippen molar-refractivity contribution in [2.24, 2.45) is 0 Å². The van der Waals surface area contributed by atoms with Gasteiger partial charge in [0.15, 0.2) is 11.5 Å². The molecule has 6 nitrogen and oxygen atoms in total. The van der Waals surface area contributed by atoms with Gasteiger partial charge in [-0.05, 0) is 31.2 Å². The Kier molecular flexibility index (Phi) is 2.86. The summed E-state index contributed by atoms with van der Waals surface area (Å²) >= 11 is 0. The summed E-state index contributed by atoms with van der Waals surface area (Å²) in [5, 5.41) is 12.0. The Morgan fingerprint density at radius 3 is 2.64 bits per heavy atom. The van der Waals surface area contributed by atoms with E-state index in [4.69, 9.17) is 13.4 Å². The van der Waals surface area contributed by atoms with E-state index in [0.29, 0.717) is 29.0 Å². The van der Waals surface area contributed by atoms with Crippen molar-refractivity contribution in [2.75, 3.05) is 0 Å². The lowest BCUT2D eigenvalue weighted by Gasteiger charge is -1.95. The molecule has 0 bridgehead atoms. The first-order valence-electron chi connectivity index (χ1n) is 6.71. The Morgan fingerprint density at radius 2 is 1.82 bits per heavy atom. The van der Waals surface area contributed by atoms with Gasteiger partial charge < -0.3 is 13.4 Å². The van der Waals surface area contributed by atoms with Gasteiger partial charge in [0.25, 0.3) is 5.89 Å². The highest BCUT2D eigenvalue weighted by Crippen LogP contribution is 2.27. The molecule has 1 aromatic carbocycles. The van der Waals surface area contributed by atoms with Crippen LogP contribution in [0.15, 0.2) is 62.1 Å². The second-order valence-corrected chi connectivity index (χ2v) is 4.84. The van der Waals surface area contributed by atoms with Crippen molar-refractivity contribution < 1.29 is 13.4 Å². The molecule has 22 heavy (non-hydrogen) atoms. The molecular weight excluding hydrogens is 282 g/mol. The minimum Gasteiger partial charge on any atom is -0.461 e. The van der Waals surface area contributed by atoms with Gasteiger partial charge in [-0.2, -0.15) is 0 Å². The largest absolute Gasteiger partial charge is 0.461 e. The van der Waals surface area contributed by atoms with Gasteiger partial charge in [-0.15, -0.1) is 10.2 Å². The smallest absolute Gasteiger partial charge is 0.270 e. The molecule has 0 unspecified atom stereocenters. The molecule has 0 aliphatic carbocycles. The number of nitrogens with zero attached hydrogens (tertiary/aromatic N) is 3. The molecule has 0 spiro atoms. The van der Waals surface area contributed by atoms with E-state index in [2.05, 4.69) is 15.4 Å². The van der Waals surface area contributed by atoms with E-state index in [0.717, 1.165) is 11.1 Å². The molecule has 0 atom stereocenters. The van der Waals surface area contributed by atoms with Crippen LogP contribution in [0.3, 0.4) is 0 Å². The van der Waals surface area contributed by atoms with E-state index in [1.807, 2.05) is 31.2 Å². The van der Waals surface area contributed by atoms with E-state index in [1.54, 1.807) is 24.5 Å². The summed E-state index contributed by atoms with van der Waals surface area (Å²) in [7, 11) is 0. The molecular formula is C16H11N3O3. The predicted octanol–water partition coefficient (Wildman–Crippen LogP) is 3.96. The fraction of sp³-hybridized carbons (Fsp3) is 0.0625. The molecule has 3 aromatic heterocycles. The van der Waals surface area contributed by atoms with E-state index in [9.17, 15) is 0 Å². The number of furan rings is 1. The van der Waals surface area contributed by atoms with Gasteiger partial charge in [0.2, 0.25) is 11.7 Å². The zero-order valence-corrected chi connectivity index (χ0v) is 11.7. The monoisotopic (exact) mass is 293 g/mol. The van der Waals surface area contributed by atoms with Crippen molar-refractivity contribution in [1.82, 2.24) is 15.4 Å². The van der Waals surface area contributed by atoms with Crippen LogP contribution in [0.25, 0.3) is 34.6 Å². The maximum Gasteiger partial charge on any atom is 0.270 e. The fourth-order valence-corrected chi connectivity index (χ4v) is 2.13. The maximum absolute atomic E-state index is 5.67. The molecule has 0 aliphatic rings. The van der Waals surface area contributed by atoms with E-state index in [1.165, 1.54) is 0 Å². The first-order chi connectivity index (χ1) is 10.8. The summed E-state index contributed by atoms with van der Waals surface area (Å²) in [6.07, 6.45) is 1.57. The zero-order chi connectivity index (χ0) is 14.9. The molecule has 4 aromatic rings. The molecule has 0 saturated heterocycles. The van der Waals surface area contributed by atoms with Crippen LogP contribution in [0.5, 0.6) is 0 Å². The minimum absolute atomic E-state index is 0.304. The number of aromatic nitrogens is 3. The predicted molar refractivity (Wildman–Crippen MR) is 77.7 cm³/mol. The number of rotatable bonds is 3. The highest BCUT2D eigenvalue weighted by molar-refractivity contribution is 5.60. The highest BCUT2D eigenvalue weighted by atomic mass is 16.5. The third-order valence-electron chi connectivity index (χ3n) is 3.18. The Hall–Kier alpha value is -3.15. The van der Waals surface area contributed by atoms with Crippen LogP contribution < -0.4 is 0 Å². The second kappa shape index (κ2) is 5.00. The van der Waals surface area contributed by atoms with Crippen LogP contribution in [0.4, 0.5) is 0 Å². The summed E-state index contributed by atoms with van der Waals surface area (Å²) < 4.78 is 16.1. The molecule has 0 fully saturated rings. The van der Waals surface area contributed by atoms with Crippen LogP contribution in [0.2, 0.25) is 0 Å². The maximum atomic E-state index is 5.67. The SMILES string of the molecule is Cc1cccc(-c2nnc(-c3cc(-c4ccco4)on3)o2)c1. The number of hydrogen-bond acceptors (Lipinski definition) is 6. The van der Waals surface area contributed by atoms with Gasteiger partial charge in [-0.25, -0.2) is 0 Å². The lowest BCUT2D eigenvalue weighted by atomic mass is 10.1. The second-order valence-electron chi connectivity index (χ2n) is 4.84.